The highest BCUT2D eigenvalue weighted by molar-refractivity contribution is 5.48. The molecule has 0 atom stereocenters. The number of nitrogens with zero attached hydrogens (tertiary/aromatic N) is 2. The molecule has 0 saturated carbocycles. The maximum atomic E-state index is 5.49. The van der Waals surface area contributed by atoms with Gasteiger partial charge in [-0.15, -0.1) is 0 Å². The number of piperidine rings is 1. The van der Waals surface area contributed by atoms with E-state index < -0.39 is 0 Å². The highest BCUT2D eigenvalue weighted by Gasteiger charge is 2.17. The van der Waals surface area contributed by atoms with Gasteiger partial charge in [-0.3, -0.25) is 4.90 Å². The van der Waals surface area contributed by atoms with Crippen LogP contribution >= 0.6 is 0 Å². The van der Waals surface area contributed by atoms with Crippen LogP contribution < -0.4 is 4.74 Å². The zero-order chi connectivity index (χ0) is 14.7. The van der Waals surface area contributed by atoms with E-state index in [-0.39, 0.29) is 0 Å². The Morgan fingerprint density at radius 3 is 2.62 bits per heavy atom. The van der Waals surface area contributed by atoms with Crippen molar-refractivity contribution in [3.8, 4) is 11.4 Å². The molecule has 0 bridgehead atoms. The number of hydrogen-bond donors (Lipinski definition) is 0. The van der Waals surface area contributed by atoms with E-state index in [4.69, 9.17) is 4.74 Å². The van der Waals surface area contributed by atoms with Crippen LogP contribution in [-0.2, 0) is 6.54 Å². The minimum absolute atomic E-state index is 0.877. The molecule has 0 aliphatic carbocycles. The molecule has 3 nitrogen and oxygen atoms in total. The number of para-hydroxylation sites is 2. The Hall–Kier alpha value is -1.74. The minimum atomic E-state index is 0.877. The average Bonchev–Trinajstić information content (AvgIpc) is 2.97. The van der Waals surface area contributed by atoms with Gasteiger partial charge in [-0.2, -0.15) is 0 Å². The zero-order valence-corrected chi connectivity index (χ0v) is 13.0. The fourth-order valence-corrected chi connectivity index (χ4v) is 3.06. The quantitative estimate of drug-likeness (QED) is 0.851. The van der Waals surface area contributed by atoms with Gasteiger partial charge in [0.05, 0.1) is 12.8 Å². The largest absolute Gasteiger partial charge is 0.495 e. The average molecular weight is 284 g/mol. The predicted octanol–water partition coefficient (Wildman–Crippen LogP) is 3.72. The minimum Gasteiger partial charge on any atom is -0.495 e. The lowest BCUT2D eigenvalue weighted by Crippen LogP contribution is -2.32. The molecule has 1 saturated heterocycles. The summed E-state index contributed by atoms with van der Waals surface area (Å²) in [4.78, 5) is 2.56. The molecule has 0 unspecified atom stereocenters. The van der Waals surface area contributed by atoms with E-state index in [1.807, 2.05) is 12.1 Å². The van der Waals surface area contributed by atoms with Gasteiger partial charge < -0.3 is 9.30 Å². The van der Waals surface area contributed by atoms with Gasteiger partial charge in [0.2, 0.25) is 0 Å². The molecule has 1 fully saturated rings. The summed E-state index contributed by atoms with van der Waals surface area (Å²) in [5.74, 6) is 1.80. The molecule has 0 radical (unpaired) electrons. The van der Waals surface area contributed by atoms with Gasteiger partial charge >= 0.3 is 0 Å². The lowest BCUT2D eigenvalue weighted by atomic mass is 9.99. The third-order valence-electron chi connectivity index (χ3n) is 4.44. The summed E-state index contributed by atoms with van der Waals surface area (Å²) < 4.78 is 7.74. The van der Waals surface area contributed by atoms with Gasteiger partial charge in [0.15, 0.2) is 0 Å². The molecule has 1 aliphatic rings. The number of ether oxygens (including phenoxy) is 1. The third kappa shape index (κ3) is 3.13. The monoisotopic (exact) mass is 284 g/mol. The van der Waals surface area contributed by atoms with E-state index in [9.17, 15) is 0 Å². The first-order chi connectivity index (χ1) is 10.3. The molecule has 1 aromatic heterocycles. The third-order valence-corrected chi connectivity index (χ3v) is 4.44. The summed E-state index contributed by atoms with van der Waals surface area (Å²) in [6.45, 7) is 5.78. The Kier molecular flexibility index (Phi) is 4.30. The van der Waals surface area contributed by atoms with Crippen LogP contribution in [0.25, 0.3) is 5.69 Å². The number of aromatic nitrogens is 1. The molecule has 3 rings (SSSR count). The first kappa shape index (κ1) is 14.2. The number of benzene rings is 1. The lowest BCUT2D eigenvalue weighted by molar-refractivity contribution is 0.182. The molecule has 0 spiro atoms. The highest BCUT2D eigenvalue weighted by atomic mass is 16.5. The molecule has 2 heterocycles. The van der Waals surface area contributed by atoms with E-state index in [0.717, 1.165) is 23.9 Å². The highest BCUT2D eigenvalue weighted by Crippen LogP contribution is 2.25. The van der Waals surface area contributed by atoms with Crippen LogP contribution in [0, 0.1) is 5.92 Å². The van der Waals surface area contributed by atoms with Gasteiger partial charge in [-0.05, 0) is 56.1 Å². The summed E-state index contributed by atoms with van der Waals surface area (Å²) in [7, 11) is 1.73. The van der Waals surface area contributed by atoms with E-state index in [0.29, 0.717) is 0 Å². The van der Waals surface area contributed by atoms with E-state index in [1.54, 1.807) is 7.11 Å². The maximum absolute atomic E-state index is 5.49. The predicted molar refractivity (Wildman–Crippen MR) is 86.0 cm³/mol. The van der Waals surface area contributed by atoms with Crippen molar-refractivity contribution in [3.63, 3.8) is 0 Å². The van der Waals surface area contributed by atoms with Crippen molar-refractivity contribution in [1.29, 1.82) is 0 Å². The first-order valence-electron chi connectivity index (χ1n) is 7.80. The Labute approximate surface area is 127 Å². The number of likely N-dealkylation sites (tertiary alicyclic amines) is 1. The molecular formula is C18H24N2O. The second kappa shape index (κ2) is 6.35. The normalized spacial score (nSPS) is 17.0. The van der Waals surface area contributed by atoms with Crippen LogP contribution in [-0.4, -0.2) is 29.7 Å². The van der Waals surface area contributed by atoms with Crippen molar-refractivity contribution < 1.29 is 4.74 Å². The van der Waals surface area contributed by atoms with Crippen molar-refractivity contribution >= 4 is 0 Å². The number of methoxy groups -OCH3 is 1. The summed E-state index contributed by atoms with van der Waals surface area (Å²) in [6, 6.07) is 12.5. The molecule has 2 aromatic rings. The fourth-order valence-electron chi connectivity index (χ4n) is 3.06. The van der Waals surface area contributed by atoms with E-state index in [1.165, 1.54) is 31.6 Å². The van der Waals surface area contributed by atoms with Crippen molar-refractivity contribution in [2.45, 2.75) is 26.3 Å². The second-order valence-electron chi connectivity index (χ2n) is 6.00. The van der Waals surface area contributed by atoms with Crippen LogP contribution in [0.4, 0.5) is 0 Å². The maximum Gasteiger partial charge on any atom is 0.142 e. The zero-order valence-electron chi connectivity index (χ0n) is 13.0. The van der Waals surface area contributed by atoms with Gasteiger partial charge in [0.25, 0.3) is 0 Å². The van der Waals surface area contributed by atoms with Gasteiger partial charge in [-0.25, -0.2) is 0 Å². The standard InChI is InChI=1S/C18H24N2O/c1-15-9-12-19(13-10-15)14-16-6-5-11-20(16)17-7-3-4-8-18(17)21-2/h3-8,11,15H,9-10,12-14H2,1-2H3. The van der Waals surface area contributed by atoms with E-state index in [2.05, 4.69) is 46.9 Å². The Morgan fingerprint density at radius 2 is 1.86 bits per heavy atom. The van der Waals surface area contributed by atoms with Gasteiger partial charge in [0, 0.05) is 18.4 Å². The molecule has 3 heteroatoms. The number of rotatable bonds is 4. The fraction of sp³-hybridized carbons (Fsp3) is 0.444. The topological polar surface area (TPSA) is 17.4 Å². The van der Waals surface area contributed by atoms with Crippen molar-refractivity contribution in [1.82, 2.24) is 9.47 Å². The van der Waals surface area contributed by atoms with Crippen molar-refractivity contribution in [3.05, 3.63) is 48.3 Å². The summed E-state index contributed by atoms with van der Waals surface area (Å²) in [5, 5.41) is 0. The SMILES string of the molecule is COc1ccccc1-n1cccc1CN1CCC(C)CC1. The molecule has 21 heavy (non-hydrogen) atoms. The molecule has 1 aliphatic heterocycles. The van der Waals surface area contributed by atoms with E-state index >= 15 is 0 Å². The molecule has 1 aromatic carbocycles. The van der Waals surface area contributed by atoms with Crippen molar-refractivity contribution in [2.75, 3.05) is 20.2 Å². The molecule has 0 N–H and O–H groups in total. The molecular weight excluding hydrogens is 260 g/mol. The lowest BCUT2D eigenvalue weighted by Gasteiger charge is -2.30. The first-order valence-corrected chi connectivity index (χ1v) is 7.80. The Bertz CT molecular complexity index is 582. The van der Waals surface area contributed by atoms with Crippen LogP contribution in [0.1, 0.15) is 25.5 Å². The van der Waals surface area contributed by atoms with Gasteiger partial charge in [-0.1, -0.05) is 19.1 Å². The Morgan fingerprint density at radius 1 is 1.10 bits per heavy atom. The van der Waals surface area contributed by atoms with Crippen molar-refractivity contribution in [2.24, 2.45) is 5.92 Å². The summed E-state index contributed by atoms with van der Waals surface area (Å²) >= 11 is 0. The van der Waals surface area contributed by atoms with Crippen LogP contribution in [0.3, 0.4) is 0 Å². The Balaban J connectivity index is 1.81. The molecule has 112 valence electrons. The van der Waals surface area contributed by atoms with Crippen LogP contribution in [0.15, 0.2) is 42.6 Å². The number of hydrogen-bond acceptors (Lipinski definition) is 2. The van der Waals surface area contributed by atoms with Crippen LogP contribution in [0.5, 0.6) is 5.75 Å². The summed E-state index contributed by atoms with van der Waals surface area (Å²) in [5.41, 5.74) is 2.44. The smallest absolute Gasteiger partial charge is 0.142 e. The molecule has 0 amide bonds. The van der Waals surface area contributed by atoms with Crippen LogP contribution in [0.2, 0.25) is 0 Å². The second-order valence-corrected chi connectivity index (χ2v) is 6.00. The summed E-state index contributed by atoms with van der Waals surface area (Å²) in [6.07, 6.45) is 4.75. The van der Waals surface area contributed by atoms with Gasteiger partial charge in [0.1, 0.15) is 5.75 Å².